The number of amides is 1. The van der Waals surface area contributed by atoms with E-state index in [1.54, 1.807) is 36.6 Å². The number of para-hydroxylation sites is 1. The third-order valence-corrected chi connectivity index (χ3v) is 9.22. The lowest BCUT2D eigenvalue weighted by molar-refractivity contribution is -0.385. The summed E-state index contributed by atoms with van der Waals surface area (Å²) in [5.74, 6) is 0.848. The number of nitro groups is 1. The molecule has 0 saturated heterocycles. The fourth-order valence-electron chi connectivity index (χ4n) is 5.60. The predicted molar refractivity (Wildman–Crippen MR) is 180 cm³/mol. The lowest BCUT2D eigenvalue weighted by Crippen LogP contribution is -2.40. The van der Waals surface area contributed by atoms with Crippen molar-refractivity contribution >= 4 is 34.7 Å². The van der Waals surface area contributed by atoms with Gasteiger partial charge >= 0.3 is 0 Å². The second-order valence-electron chi connectivity index (χ2n) is 11.6. The maximum atomic E-state index is 14.1. The van der Waals surface area contributed by atoms with E-state index < -0.39 is 11.0 Å². The molecule has 1 unspecified atom stereocenters. The third-order valence-electron chi connectivity index (χ3n) is 8.24. The van der Waals surface area contributed by atoms with E-state index in [4.69, 9.17) is 9.41 Å². The molecule has 46 heavy (non-hydrogen) atoms. The molecule has 0 fully saturated rings. The highest BCUT2D eigenvalue weighted by molar-refractivity contribution is 7.07. The molecule has 1 aliphatic rings. The zero-order valence-corrected chi connectivity index (χ0v) is 26.8. The van der Waals surface area contributed by atoms with Crippen LogP contribution < -0.4 is 20.2 Å². The highest BCUT2D eigenvalue weighted by Crippen LogP contribution is 2.33. The number of allylic oxidation sites excluding steroid dienone is 1. The van der Waals surface area contributed by atoms with Gasteiger partial charge in [0.25, 0.3) is 17.2 Å². The van der Waals surface area contributed by atoms with E-state index in [0.717, 1.165) is 16.7 Å². The molecule has 1 atom stereocenters. The van der Waals surface area contributed by atoms with Crippen LogP contribution in [-0.4, -0.2) is 15.4 Å². The minimum atomic E-state index is -0.702. The normalized spacial score (nSPS) is 14.7. The molecule has 0 radical (unpaired) electrons. The molecule has 5 aromatic rings. The molecule has 1 aliphatic heterocycles. The van der Waals surface area contributed by atoms with E-state index in [2.05, 4.69) is 19.2 Å². The number of fused-ring (bicyclic) bond motifs is 1. The Morgan fingerprint density at radius 1 is 1.04 bits per heavy atom. The Bertz CT molecular complexity index is 2210. The lowest BCUT2D eigenvalue weighted by atomic mass is 9.93. The molecule has 0 bridgehead atoms. The molecule has 3 heterocycles. The first-order valence-electron chi connectivity index (χ1n) is 14.9. The average molecular weight is 633 g/mol. The van der Waals surface area contributed by atoms with Crippen molar-refractivity contribution in [1.29, 1.82) is 0 Å². The summed E-state index contributed by atoms with van der Waals surface area (Å²) in [4.78, 5) is 44.3. The smallest absolute Gasteiger partial charge is 0.273 e. The van der Waals surface area contributed by atoms with E-state index in [0.29, 0.717) is 54.9 Å². The van der Waals surface area contributed by atoms with Crippen molar-refractivity contribution in [3.8, 4) is 11.3 Å². The first kappa shape index (κ1) is 30.7. The molecular formula is C36H32N4O5S. The number of nitrogens with one attached hydrogen (secondary N) is 1. The second-order valence-corrected chi connectivity index (χ2v) is 12.6. The second kappa shape index (κ2) is 12.2. The van der Waals surface area contributed by atoms with Gasteiger partial charge in [-0.3, -0.25) is 24.3 Å². The van der Waals surface area contributed by atoms with Crippen LogP contribution in [0.4, 0.5) is 11.4 Å². The van der Waals surface area contributed by atoms with Gasteiger partial charge in [0.2, 0.25) is 0 Å². The van der Waals surface area contributed by atoms with Crippen LogP contribution in [0.5, 0.6) is 0 Å². The summed E-state index contributed by atoms with van der Waals surface area (Å²) >= 11 is 1.21. The number of nitrogens with zero attached hydrogens (tertiary/aromatic N) is 3. The van der Waals surface area contributed by atoms with E-state index >= 15 is 0 Å². The predicted octanol–water partition coefficient (Wildman–Crippen LogP) is 6.78. The molecule has 6 rings (SSSR count). The van der Waals surface area contributed by atoms with Crippen molar-refractivity contribution in [2.75, 3.05) is 5.32 Å². The van der Waals surface area contributed by atoms with Crippen LogP contribution in [0, 0.1) is 24.0 Å². The van der Waals surface area contributed by atoms with E-state index in [1.165, 1.54) is 17.4 Å². The summed E-state index contributed by atoms with van der Waals surface area (Å²) in [5, 5.41) is 14.6. The molecule has 0 aliphatic carbocycles. The Hall–Kier alpha value is -5.35. The Morgan fingerprint density at radius 2 is 1.76 bits per heavy atom. The monoisotopic (exact) mass is 632 g/mol. The molecule has 232 valence electrons. The molecule has 0 spiro atoms. The zero-order chi connectivity index (χ0) is 32.7. The Morgan fingerprint density at radius 3 is 2.43 bits per heavy atom. The zero-order valence-electron chi connectivity index (χ0n) is 26.0. The minimum Gasteiger partial charge on any atom is -0.457 e. The number of carbonyl (C=O) groups is 1. The molecule has 3 aromatic carbocycles. The van der Waals surface area contributed by atoms with Crippen molar-refractivity contribution in [3.63, 3.8) is 0 Å². The SMILES string of the molecule is CC1=C(C(=O)Nc2ccccc2)C(c2ccc(C(C)C)cc2)n2c(s/c(=C\c3ccc(-c4cc(C)c(C)c([N+](=O)[O-])c4)o3)c2=O)=N1. The molecular weight excluding hydrogens is 600 g/mol. The van der Waals surface area contributed by atoms with E-state index in [1.807, 2.05) is 67.6 Å². The first-order valence-corrected chi connectivity index (χ1v) is 15.7. The molecule has 1 amide bonds. The lowest BCUT2D eigenvalue weighted by Gasteiger charge is -2.25. The standard InChI is InChI=1S/C36H32N4O5S/c1-20(2)24-11-13-25(14-12-24)33-32(34(41)38-27-9-7-6-8-10-27)23(5)37-36-39(33)35(42)31(46-36)19-28-15-16-30(45-28)26-17-21(3)22(4)29(18-26)40(43)44/h6-20,33H,1-5H3,(H,38,41)/b31-19-. The minimum absolute atomic E-state index is 0.0187. The van der Waals surface area contributed by atoms with Gasteiger partial charge in [0.15, 0.2) is 4.80 Å². The van der Waals surface area contributed by atoms with Gasteiger partial charge in [-0.05, 0) is 73.7 Å². The molecule has 2 aromatic heterocycles. The van der Waals surface area contributed by atoms with Crippen molar-refractivity contribution in [2.24, 2.45) is 4.99 Å². The summed E-state index contributed by atoms with van der Waals surface area (Å²) in [6, 6.07) is 23.2. The summed E-state index contributed by atoms with van der Waals surface area (Å²) < 4.78 is 8.01. The topological polar surface area (TPSA) is 120 Å². The van der Waals surface area contributed by atoms with E-state index in [-0.39, 0.29) is 17.2 Å². The Kier molecular flexibility index (Phi) is 8.14. The number of nitro benzene ring substituents is 1. The van der Waals surface area contributed by atoms with Crippen LogP contribution in [0.1, 0.15) is 60.7 Å². The number of furan rings is 1. The molecule has 9 nitrogen and oxygen atoms in total. The van der Waals surface area contributed by atoms with Gasteiger partial charge in [0.05, 0.1) is 26.8 Å². The number of hydrogen-bond donors (Lipinski definition) is 1. The Labute approximate surface area is 269 Å². The van der Waals surface area contributed by atoms with Gasteiger partial charge in [-0.2, -0.15) is 0 Å². The van der Waals surface area contributed by atoms with Gasteiger partial charge in [0, 0.05) is 29.0 Å². The summed E-state index contributed by atoms with van der Waals surface area (Å²) in [7, 11) is 0. The fourth-order valence-corrected chi connectivity index (χ4v) is 6.62. The van der Waals surface area contributed by atoms with Crippen molar-refractivity contribution in [1.82, 2.24) is 4.57 Å². The maximum Gasteiger partial charge on any atom is 0.273 e. The van der Waals surface area contributed by atoms with Crippen LogP contribution in [0.2, 0.25) is 0 Å². The fraction of sp³-hybridized carbons (Fsp3) is 0.194. The van der Waals surface area contributed by atoms with Gasteiger partial charge in [-0.25, -0.2) is 4.99 Å². The number of carbonyl (C=O) groups excluding carboxylic acids is 1. The van der Waals surface area contributed by atoms with Crippen LogP contribution in [-0.2, 0) is 4.79 Å². The largest absolute Gasteiger partial charge is 0.457 e. The van der Waals surface area contributed by atoms with Gasteiger partial charge in [-0.15, -0.1) is 0 Å². The summed E-state index contributed by atoms with van der Waals surface area (Å²) in [5.41, 5.74) is 5.15. The third kappa shape index (κ3) is 5.75. The first-order chi connectivity index (χ1) is 22.0. The van der Waals surface area contributed by atoms with Crippen molar-refractivity contribution in [3.05, 3.63) is 148 Å². The van der Waals surface area contributed by atoms with Crippen molar-refractivity contribution in [2.45, 2.75) is 46.6 Å². The molecule has 10 heteroatoms. The highest BCUT2D eigenvalue weighted by Gasteiger charge is 2.32. The maximum absolute atomic E-state index is 14.1. The number of benzene rings is 3. The summed E-state index contributed by atoms with van der Waals surface area (Å²) in [6.45, 7) is 9.55. The van der Waals surface area contributed by atoms with Gasteiger partial charge in [0.1, 0.15) is 11.5 Å². The molecule has 0 saturated carbocycles. The number of aryl methyl sites for hydroxylation is 1. The van der Waals surface area contributed by atoms with Gasteiger partial charge in [-0.1, -0.05) is 67.6 Å². The number of hydrogen-bond acceptors (Lipinski definition) is 7. The number of thiazole rings is 1. The highest BCUT2D eigenvalue weighted by atomic mass is 32.1. The number of rotatable bonds is 7. The van der Waals surface area contributed by atoms with Crippen molar-refractivity contribution < 1.29 is 14.1 Å². The number of aromatic nitrogens is 1. The van der Waals surface area contributed by atoms with Crippen LogP contribution in [0.25, 0.3) is 17.4 Å². The van der Waals surface area contributed by atoms with Crippen LogP contribution in [0.15, 0.2) is 104 Å². The Balaban J connectivity index is 1.44. The van der Waals surface area contributed by atoms with Crippen LogP contribution in [0.3, 0.4) is 0 Å². The molecule has 1 N–H and O–H groups in total. The van der Waals surface area contributed by atoms with Crippen LogP contribution >= 0.6 is 11.3 Å². The number of anilines is 1. The quantitative estimate of drug-likeness (QED) is 0.157. The van der Waals surface area contributed by atoms with E-state index in [9.17, 15) is 19.7 Å². The summed E-state index contributed by atoms with van der Waals surface area (Å²) in [6.07, 6.45) is 1.64. The average Bonchev–Trinajstić information content (AvgIpc) is 3.62. The van der Waals surface area contributed by atoms with Gasteiger partial charge < -0.3 is 9.73 Å².